The SMILES string of the molecule is CCCCNc1ccc(C(N)=O)cc1[N+](=O)[O-]. The summed E-state index contributed by atoms with van der Waals surface area (Å²) >= 11 is 0. The number of nitrogens with zero attached hydrogens (tertiary/aromatic N) is 1. The van der Waals surface area contributed by atoms with Crippen LogP contribution in [0.5, 0.6) is 0 Å². The number of nitro benzene ring substituents is 1. The summed E-state index contributed by atoms with van der Waals surface area (Å²) in [6.07, 6.45) is 1.93. The van der Waals surface area contributed by atoms with Crippen molar-refractivity contribution in [2.45, 2.75) is 19.8 Å². The third kappa shape index (κ3) is 3.44. The molecular formula is C11H15N3O3. The minimum absolute atomic E-state index is 0.127. The fourth-order valence-electron chi connectivity index (χ4n) is 1.39. The van der Waals surface area contributed by atoms with Crippen LogP contribution in [0.2, 0.25) is 0 Å². The first-order valence-corrected chi connectivity index (χ1v) is 5.38. The highest BCUT2D eigenvalue weighted by atomic mass is 16.6. The molecule has 1 aromatic carbocycles. The van der Waals surface area contributed by atoms with Gasteiger partial charge in [0.1, 0.15) is 5.69 Å². The summed E-state index contributed by atoms with van der Waals surface area (Å²) in [7, 11) is 0. The number of carbonyl (C=O) groups excluding carboxylic acids is 1. The van der Waals surface area contributed by atoms with Gasteiger partial charge in [-0.3, -0.25) is 14.9 Å². The van der Waals surface area contributed by atoms with Gasteiger partial charge in [-0.1, -0.05) is 13.3 Å². The molecule has 3 N–H and O–H groups in total. The Morgan fingerprint density at radius 1 is 1.53 bits per heavy atom. The van der Waals surface area contributed by atoms with Crippen LogP contribution in [0.4, 0.5) is 11.4 Å². The Morgan fingerprint density at radius 2 is 2.24 bits per heavy atom. The number of amides is 1. The molecule has 0 aliphatic carbocycles. The lowest BCUT2D eigenvalue weighted by atomic mass is 10.1. The number of hydrogen-bond acceptors (Lipinski definition) is 4. The molecule has 0 aliphatic rings. The summed E-state index contributed by atoms with van der Waals surface area (Å²) < 4.78 is 0. The Morgan fingerprint density at radius 3 is 2.76 bits per heavy atom. The van der Waals surface area contributed by atoms with Crippen molar-refractivity contribution in [3.63, 3.8) is 0 Å². The average Bonchev–Trinajstić information content (AvgIpc) is 2.29. The largest absolute Gasteiger partial charge is 0.379 e. The van der Waals surface area contributed by atoms with Crippen molar-refractivity contribution < 1.29 is 9.72 Å². The molecule has 0 saturated heterocycles. The quantitative estimate of drug-likeness (QED) is 0.448. The molecule has 1 aromatic rings. The van der Waals surface area contributed by atoms with Gasteiger partial charge in [-0.2, -0.15) is 0 Å². The van der Waals surface area contributed by atoms with Crippen molar-refractivity contribution in [3.8, 4) is 0 Å². The minimum Gasteiger partial charge on any atom is -0.379 e. The van der Waals surface area contributed by atoms with Gasteiger partial charge in [0, 0.05) is 18.2 Å². The van der Waals surface area contributed by atoms with E-state index in [9.17, 15) is 14.9 Å². The van der Waals surface area contributed by atoms with Gasteiger partial charge in [0.05, 0.1) is 4.92 Å². The molecule has 0 fully saturated rings. The van der Waals surface area contributed by atoms with Crippen LogP contribution in [-0.4, -0.2) is 17.4 Å². The summed E-state index contributed by atoms with van der Waals surface area (Å²) in [6.45, 7) is 2.69. The van der Waals surface area contributed by atoms with Gasteiger partial charge in [-0.05, 0) is 18.6 Å². The van der Waals surface area contributed by atoms with Gasteiger partial charge in [0.25, 0.3) is 5.69 Å². The van der Waals surface area contributed by atoms with E-state index in [-0.39, 0.29) is 11.3 Å². The highest BCUT2D eigenvalue weighted by Crippen LogP contribution is 2.25. The maximum Gasteiger partial charge on any atom is 0.293 e. The number of hydrogen-bond donors (Lipinski definition) is 2. The fourth-order valence-corrected chi connectivity index (χ4v) is 1.39. The number of unbranched alkanes of at least 4 members (excludes halogenated alkanes) is 1. The van der Waals surface area contributed by atoms with Crippen LogP contribution < -0.4 is 11.1 Å². The Kier molecular flexibility index (Phi) is 4.45. The van der Waals surface area contributed by atoms with E-state index >= 15 is 0 Å². The van der Waals surface area contributed by atoms with Crippen LogP contribution in [0.3, 0.4) is 0 Å². The highest BCUT2D eigenvalue weighted by molar-refractivity contribution is 5.94. The van der Waals surface area contributed by atoms with Crippen molar-refractivity contribution in [2.24, 2.45) is 5.73 Å². The molecule has 6 heteroatoms. The molecule has 0 spiro atoms. The molecule has 1 rings (SSSR count). The second kappa shape index (κ2) is 5.83. The topological polar surface area (TPSA) is 98.3 Å². The zero-order chi connectivity index (χ0) is 12.8. The molecule has 17 heavy (non-hydrogen) atoms. The summed E-state index contributed by atoms with van der Waals surface area (Å²) in [5, 5.41) is 13.8. The third-order valence-electron chi connectivity index (χ3n) is 2.32. The van der Waals surface area contributed by atoms with E-state index < -0.39 is 10.8 Å². The van der Waals surface area contributed by atoms with E-state index in [1.807, 2.05) is 6.92 Å². The molecule has 0 aromatic heterocycles. The van der Waals surface area contributed by atoms with E-state index in [4.69, 9.17) is 5.73 Å². The third-order valence-corrected chi connectivity index (χ3v) is 2.32. The monoisotopic (exact) mass is 237 g/mol. The van der Waals surface area contributed by atoms with Gasteiger partial charge >= 0.3 is 0 Å². The van der Waals surface area contributed by atoms with E-state index in [2.05, 4.69) is 5.32 Å². The fraction of sp³-hybridized carbons (Fsp3) is 0.364. The zero-order valence-corrected chi connectivity index (χ0v) is 9.60. The Hall–Kier alpha value is -2.11. The predicted octanol–water partition coefficient (Wildman–Crippen LogP) is 1.91. The Labute approximate surface area is 99.0 Å². The van der Waals surface area contributed by atoms with Crippen LogP contribution in [0.25, 0.3) is 0 Å². The molecule has 92 valence electrons. The molecule has 0 atom stereocenters. The summed E-state index contributed by atoms with van der Waals surface area (Å²) in [4.78, 5) is 21.2. The number of carbonyl (C=O) groups is 1. The van der Waals surface area contributed by atoms with Crippen molar-refractivity contribution in [1.29, 1.82) is 0 Å². The number of nitro groups is 1. The smallest absolute Gasteiger partial charge is 0.293 e. The number of benzene rings is 1. The van der Waals surface area contributed by atoms with Gasteiger partial charge in [-0.25, -0.2) is 0 Å². The van der Waals surface area contributed by atoms with E-state index in [0.717, 1.165) is 12.8 Å². The number of rotatable bonds is 6. The van der Waals surface area contributed by atoms with Crippen LogP contribution in [-0.2, 0) is 0 Å². The lowest BCUT2D eigenvalue weighted by Gasteiger charge is -2.07. The second-order valence-electron chi connectivity index (χ2n) is 3.63. The minimum atomic E-state index is -0.673. The molecule has 1 amide bonds. The second-order valence-corrected chi connectivity index (χ2v) is 3.63. The van der Waals surface area contributed by atoms with Gasteiger partial charge in [-0.15, -0.1) is 0 Å². The van der Waals surface area contributed by atoms with Crippen LogP contribution in [0.15, 0.2) is 18.2 Å². The highest BCUT2D eigenvalue weighted by Gasteiger charge is 2.15. The number of anilines is 1. The molecule has 0 heterocycles. The van der Waals surface area contributed by atoms with Crippen molar-refractivity contribution in [2.75, 3.05) is 11.9 Å². The standard InChI is InChI=1S/C11H15N3O3/c1-2-3-6-13-9-5-4-8(11(12)15)7-10(9)14(16)17/h4-5,7,13H,2-3,6H2,1H3,(H2,12,15). The van der Waals surface area contributed by atoms with E-state index in [1.54, 1.807) is 0 Å². The molecule has 0 bridgehead atoms. The maximum atomic E-state index is 10.9. The van der Waals surface area contributed by atoms with Crippen LogP contribution >= 0.6 is 0 Å². The number of primary amides is 1. The first-order valence-electron chi connectivity index (χ1n) is 5.38. The first-order chi connectivity index (χ1) is 8.06. The maximum absolute atomic E-state index is 10.9. The number of nitrogens with one attached hydrogen (secondary N) is 1. The number of nitrogens with two attached hydrogens (primary N) is 1. The predicted molar refractivity (Wildman–Crippen MR) is 65.0 cm³/mol. The molecule has 0 unspecified atom stereocenters. The molecule has 6 nitrogen and oxygen atoms in total. The Bertz CT molecular complexity index is 432. The van der Waals surface area contributed by atoms with Crippen molar-refractivity contribution in [1.82, 2.24) is 0 Å². The van der Waals surface area contributed by atoms with E-state index in [1.165, 1.54) is 18.2 Å². The summed E-state index contributed by atoms with van der Waals surface area (Å²) in [6, 6.07) is 4.17. The van der Waals surface area contributed by atoms with E-state index in [0.29, 0.717) is 12.2 Å². The Balaban J connectivity index is 2.96. The van der Waals surface area contributed by atoms with Crippen molar-refractivity contribution >= 4 is 17.3 Å². The van der Waals surface area contributed by atoms with Crippen LogP contribution in [0.1, 0.15) is 30.1 Å². The summed E-state index contributed by atoms with van der Waals surface area (Å²) in [5.74, 6) is -0.673. The summed E-state index contributed by atoms with van der Waals surface area (Å²) in [5.41, 5.74) is 5.49. The van der Waals surface area contributed by atoms with Crippen molar-refractivity contribution in [3.05, 3.63) is 33.9 Å². The lowest BCUT2D eigenvalue weighted by Crippen LogP contribution is -2.12. The average molecular weight is 237 g/mol. The molecule has 0 aliphatic heterocycles. The molecular weight excluding hydrogens is 222 g/mol. The zero-order valence-electron chi connectivity index (χ0n) is 9.60. The molecule has 0 radical (unpaired) electrons. The first kappa shape index (κ1) is 13.0. The normalized spacial score (nSPS) is 9.94. The molecule has 0 saturated carbocycles. The van der Waals surface area contributed by atoms with Crippen LogP contribution in [0, 0.1) is 10.1 Å². The van der Waals surface area contributed by atoms with Gasteiger partial charge in [0.2, 0.25) is 5.91 Å². The van der Waals surface area contributed by atoms with Gasteiger partial charge in [0.15, 0.2) is 0 Å². The van der Waals surface area contributed by atoms with Gasteiger partial charge < -0.3 is 11.1 Å². The lowest BCUT2D eigenvalue weighted by molar-refractivity contribution is -0.384.